The van der Waals surface area contributed by atoms with E-state index in [4.69, 9.17) is 16.6 Å². The van der Waals surface area contributed by atoms with Gasteiger partial charge in [-0.05, 0) is 34.9 Å². The number of nitrogens with one attached hydrogen (secondary N) is 1. The van der Waals surface area contributed by atoms with Crippen LogP contribution >= 0.6 is 0 Å². The molecule has 0 fully saturated rings. The molecule has 3 aromatic carbocycles. The molecule has 7 nitrogen and oxygen atoms in total. The van der Waals surface area contributed by atoms with Gasteiger partial charge < -0.3 is 21.9 Å². The molecule has 2 atom stereocenters. The minimum absolute atomic E-state index is 0.0122. The molecule has 1 aromatic heterocycles. The summed E-state index contributed by atoms with van der Waals surface area (Å²) in [4.78, 5) is 19.6. The van der Waals surface area contributed by atoms with Crippen molar-refractivity contribution in [1.29, 1.82) is 0 Å². The summed E-state index contributed by atoms with van der Waals surface area (Å²) in [7, 11) is 0. The first-order valence-corrected chi connectivity index (χ1v) is 10.4. The Hall–Kier alpha value is -3.97. The fraction of sp³-hybridized carbons (Fsp3) is 0.160. The normalized spacial score (nSPS) is 12.9. The Balaban J connectivity index is 1.55. The molecule has 7 heteroatoms. The molecule has 4 rings (SSSR count). The number of hydrogen-bond donors (Lipinski definition) is 4. The summed E-state index contributed by atoms with van der Waals surface area (Å²) in [5, 5.41) is 14.7. The molecule has 4 aromatic rings. The van der Waals surface area contributed by atoms with Crippen molar-refractivity contribution >= 4 is 28.5 Å². The fourth-order valence-corrected chi connectivity index (χ4v) is 3.68. The van der Waals surface area contributed by atoms with Crippen LogP contribution in [-0.2, 0) is 4.79 Å². The van der Waals surface area contributed by atoms with Crippen molar-refractivity contribution in [2.24, 2.45) is 5.73 Å². The maximum Gasteiger partial charge on any atom is 0.305 e. The van der Waals surface area contributed by atoms with Crippen LogP contribution in [0.25, 0.3) is 22.0 Å². The Morgan fingerprint density at radius 2 is 1.66 bits per heavy atom. The number of carbonyl (C=O) groups is 1. The van der Waals surface area contributed by atoms with Gasteiger partial charge in [0.2, 0.25) is 5.95 Å². The predicted octanol–water partition coefficient (Wildman–Crippen LogP) is 4.53. The molecule has 162 valence electrons. The quantitative estimate of drug-likeness (QED) is 0.341. The average Bonchev–Trinajstić information content (AvgIpc) is 2.78. The molecule has 2 unspecified atom stereocenters. The van der Waals surface area contributed by atoms with Gasteiger partial charge in [-0.1, -0.05) is 60.7 Å². The van der Waals surface area contributed by atoms with Crippen LogP contribution in [0.1, 0.15) is 36.6 Å². The van der Waals surface area contributed by atoms with E-state index in [1.807, 2.05) is 42.5 Å². The van der Waals surface area contributed by atoms with Gasteiger partial charge in [0, 0.05) is 23.7 Å². The monoisotopic (exact) mass is 427 g/mol. The Labute approximate surface area is 186 Å². The maximum absolute atomic E-state index is 10.9. The molecule has 1 heterocycles. The van der Waals surface area contributed by atoms with Crippen LogP contribution in [0.3, 0.4) is 0 Å². The number of carboxylic acids is 1. The van der Waals surface area contributed by atoms with Gasteiger partial charge in [0.15, 0.2) is 0 Å². The zero-order valence-corrected chi connectivity index (χ0v) is 17.7. The second-order valence-corrected chi connectivity index (χ2v) is 7.80. The van der Waals surface area contributed by atoms with Gasteiger partial charge in [-0.3, -0.25) is 4.79 Å². The standard InChI is InChI=1S/C25H25N5O2/c1-15(19-11-6-16-4-2-3-5-20(16)12-19)28-23-14-22(29-25(27)30-23)18-9-7-17(8-10-18)21(26)13-24(31)32/h2-12,14-15,21H,13,26H2,1H3,(H,31,32)(H3,27,28,29,30). The number of fused-ring (bicyclic) bond motifs is 1. The number of benzene rings is 3. The molecule has 32 heavy (non-hydrogen) atoms. The first kappa shape index (κ1) is 21.3. The lowest BCUT2D eigenvalue weighted by Gasteiger charge is -2.17. The molecule has 0 spiro atoms. The molecule has 0 aliphatic carbocycles. The highest BCUT2D eigenvalue weighted by Gasteiger charge is 2.13. The second kappa shape index (κ2) is 9.03. The van der Waals surface area contributed by atoms with Crippen LogP contribution in [0.5, 0.6) is 0 Å². The van der Waals surface area contributed by atoms with Gasteiger partial charge in [-0.25, -0.2) is 4.98 Å². The molecule has 6 N–H and O–H groups in total. The third-order valence-electron chi connectivity index (χ3n) is 5.41. The smallest absolute Gasteiger partial charge is 0.305 e. The topological polar surface area (TPSA) is 127 Å². The van der Waals surface area contributed by atoms with E-state index in [-0.39, 0.29) is 18.4 Å². The second-order valence-electron chi connectivity index (χ2n) is 7.80. The number of nitrogen functional groups attached to an aromatic ring is 1. The molecule has 0 amide bonds. The summed E-state index contributed by atoms with van der Waals surface area (Å²) < 4.78 is 0. The van der Waals surface area contributed by atoms with Crippen LogP contribution in [0, 0.1) is 0 Å². The molecule has 0 aliphatic rings. The molecular weight excluding hydrogens is 402 g/mol. The van der Waals surface area contributed by atoms with E-state index in [1.54, 1.807) is 0 Å². The van der Waals surface area contributed by atoms with Crippen LogP contribution in [0.2, 0.25) is 0 Å². The van der Waals surface area contributed by atoms with Crippen LogP contribution in [0.4, 0.5) is 11.8 Å². The largest absolute Gasteiger partial charge is 0.481 e. The van der Waals surface area contributed by atoms with Crippen molar-refractivity contribution in [3.05, 3.63) is 83.9 Å². The lowest BCUT2D eigenvalue weighted by molar-refractivity contribution is -0.137. The Morgan fingerprint density at radius 3 is 2.38 bits per heavy atom. The van der Waals surface area contributed by atoms with Crippen LogP contribution < -0.4 is 16.8 Å². The SMILES string of the molecule is CC(Nc1cc(-c2ccc(C(N)CC(=O)O)cc2)nc(N)n1)c1ccc2ccccc2c1. The number of anilines is 2. The van der Waals surface area contributed by atoms with Crippen molar-refractivity contribution in [3.63, 3.8) is 0 Å². The number of rotatable bonds is 7. The first-order chi connectivity index (χ1) is 15.4. The van der Waals surface area contributed by atoms with E-state index in [0.29, 0.717) is 11.5 Å². The predicted molar refractivity (Wildman–Crippen MR) is 127 cm³/mol. The van der Waals surface area contributed by atoms with Crippen LogP contribution in [-0.4, -0.2) is 21.0 Å². The lowest BCUT2D eigenvalue weighted by atomic mass is 10.0. The average molecular weight is 428 g/mol. The Kier molecular flexibility index (Phi) is 6.00. The highest BCUT2D eigenvalue weighted by atomic mass is 16.4. The van der Waals surface area contributed by atoms with Crippen molar-refractivity contribution < 1.29 is 9.90 Å². The fourth-order valence-electron chi connectivity index (χ4n) is 3.68. The molecule has 0 aliphatic heterocycles. The molecule has 0 bridgehead atoms. The van der Waals surface area contributed by atoms with Gasteiger partial charge in [0.05, 0.1) is 12.1 Å². The van der Waals surface area contributed by atoms with Crippen molar-refractivity contribution in [2.45, 2.75) is 25.4 Å². The van der Waals surface area contributed by atoms with E-state index in [0.717, 1.165) is 16.7 Å². The van der Waals surface area contributed by atoms with Gasteiger partial charge in [0.25, 0.3) is 0 Å². The number of hydrogen-bond acceptors (Lipinski definition) is 6. The highest BCUT2D eigenvalue weighted by molar-refractivity contribution is 5.83. The lowest BCUT2D eigenvalue weighted by Crippen LogP contribution is -2.14. The summed E-state index contributed by atoms with van der Waals surface area (Å²) in [6, 6.07) is 23.3. The number of carboxylic acid groups (broad SMARTS) is 1. The van der Waals surface area contributed by atoms with Gasteiger partial charge in [-0.15, -0.1) is 0 Å². The highest BCUT2D eigenvalue weighted by Crippen LogP contribution is 2.26. The summed E-state index contributed by atoms with van der Waals surface area (Å²) in [5.41, 5.74) is 15.3. The minimum Gasteiger partial charge on any atom is -0.481 e. The zero-order valence-electron chi connectivity index (χ0n) is 17.7. The number of aromatic nitrogens is 2. The van der Waals surface area contributed by atoms with E-state index < -0.39 is 12.0 Å². The summed E-state index contributed by atoms with van der Waals surface area (Å²) in [5.74, 6) is -0.136. The zero-order chi connectivity index (χ0) is 22.7. The Bertz CT molecular complexity index is 1260. The van der Waals surface area contributed by atoms with E-state index in [2.05, 4.69) is 52.5 Å². The third-order valence-corrected chi connectivity index (χ3v) is 5.41. The van der Waals surface area contributed by atoms with Gasteiger partial charge in [-0.2, -0.15) is 4.98 Å². The summed E-state index contributed by atoms with van der Waals surface area (Å²) in [6.07, 6.45) is -0.124. The Morgan fingerprint density at radius 1 is 0.969 bits per heavy atom. The minimum atomic E-state index is -0.929. The van der Waals surface area contributed by atoms with E-state index in [1.165, 1.54) is 10.8 Å². The number of nitrogens with zero attached hydrogens (tertiary/aromatic N) is 2. The van der Waals surface area contributed by atoms with Crippen molar-refractivity contribution in [3.8, 4) is 11.3 Å². The van der Waals surface area contributed by atoms with Crippen molar-refractivity contribution in [1.82, 2.24) is 9.97 Å². The summed E-state index contributed by atoms with van der Waals surface area (Å²) in [6.45, 7) is 2.07. The first-order valence-electron chi connectivity index (χ1n) is 10.4. The molecule has 0 radical (unpaired) electrons. The number of aliphatic carboxylic acids is 1. The summed E-state index contributed by atoms with van der Waals surface area (Å²) >= 11 is 0. The van der Waals surface area contributed by atoms with Crippen LogP contribution in [0.15, 0.2) is 72.8 Å². The molecular formula is C25H25N5O2. The van der Waals surface area contributed by atoms with E-state index >= 15 is 0 Å². The van der Waals surface area contributed by atoms with E-state index in [9.17, 15) is 4.79 Å². The van der Waals surface area contributed by atoms with Gasteiger partial charge >= 0.3 is 5.97 Å². The van der Waals surface area contributed by atoms with Gasteiger partial charge in [0.1, 0.15) is 5.82 Å². The maximum atomic E-state index is 10.9. The molecule has 0 saturated carbocycles. The van der Waals surface area contributed by atoms with Crippen molar-refractivity contribution in [2.75, 3.05) is 11.1 Å². The molecule has 0 saturated heterocycles. The third kappa shape index (κ3) is 4.84. The number of nitrogens with two attached hydrogens (primary N) is 2.